The van der Waals surface area contributed by atoms with E-state index >= 15 is 0 Å². The molecule has 0 aliphatic carbocycles. The Hall–Kier alpha value is -1.52. The lowest BCUT2D eigenvalue weighted by atomic mass is 10.4. The molecule has 0 aliphatic heterocycles. The summed E-state index contributed by atoms with van der Waals surface area (Å²) >= 11 is 0. The normalized spacial score (nSPS) is 9.70. The molecule has 0 aromatic carbocycles. The minimum Gasteiger partial charge on any atom is -0.475 e. The molecular weight excluding hydrogens is 136 g/mol. The second-order valence-electron chi connectivity index (χ2n) is 1.77. The molecule has 0 saturated heterocycles. The average molecular weight is 142 g/mol. The molecule has 0 radical (unpaired) electrons. The number of aryl methyl sites for hydroxylation is 1. The van der Waals surface area contributed by atoms with Crippen LogP contribution >= 0.6 is 0 Å². The van der Waals surface area contributed by atoms with Crippen LogP contribution in [0.15, 0.2) is 4.42 Å². The number of hydrogen-bond donors (Lipinski definition) is 2. The highest BCUT2D eigenvalue weighted by Crippen LogP contribution is 2.10. The number of nitrogens with zero attached hydrogens (tertiary/aromatic N) is 1. The maximum Gasteiger partial charge on any atom is 0.373 e. The Morgan fingerprint density at radius 1 is 1.80 bits per heavy atom. The summed E-state index contributed by atoms with van der Waals surface area (Å²) in [6.07, 6.45) is 0. The van der Waals surface area contributed by atoms with Gasteiger partial charge in [0.2, 0.25) is 5.76 Å². The van der Waals surface area contributed by atoms with Gasteiger partial charge >= 0.3 is 5.97 Å². The lowest BCUT2D eigenvalue weighted by Gasteiger charge is -1.83. The van der Waals surface area contributed by atoms with E-state index in [1.54, 1.807) is 0 Å². The van der Waals surface area contributed by atoms with E-state index in [1.165, 1.54) is 6.92 Å². The second kappa shape index (κ2) is 2.02. The number of hydrogen-bond acceptors (Lipinski definition) is 4. The van der Waals surface area contributed by atoms with Gasteiger partial charge in [0, 0.05) is 0 Å². The van der Waals surface area contributed by atoms with E-state index in [9.17, 15) is 4.79 Å². The van der Waals surface area contributed by atoms with Crippen LogP contribution in [0.5, 0.6) is 0 Å². The third-order valence-electron chi connectivity index (χ3n) is 1.01. The minimum absolute atomic E-state index is 0.116. The SMILES string of the molecule is Cc1nc(N)oc1C(=O)O. The Morgan fingerprint density at radius 3 is 2.60 bits per heavy atom. The molecule has 0 spiro atoms. The Bertz CT molecular complexity index is 266. The van der Waals surface area contributed by atoms with Crippen molar-refractivity contribution in [2.24, 2.45) is 0 Å². The van der Waals surface area contributed by atoms with Crippen LogP contribution in [0, 0.1) is 6.92 Å². The molecule has 0 aliphatic rings. The molecule has 0 unspecified atom stereocenters. The number of nitrogens with two attached hydrogens (primary N) is 1. The molecule has 1 heterocycles. The molecule has 0 bridgehead atoms. The minimum atomic E-state index is -1.15. The van der Waals surface area contributed by atoms with Gasteiger partial charge in [0.25, 0.3) is 6.01 Å². The Balaban J connectivity index is 3.15. The molecule has 10 heavy (non-hydrogen) atoms. The average Bonchev–Trinajstić information content (AvgIpc) is 2.10. The maximum absolute atomic E-state index is 10.2. The smallest absolute Gasteiger partial charge is 0.373 e. The highest BCUT2D eigenvalue weighted by molar-refractivity contribution is 5.85. The van der Waals surface area contributed by atoms with E-state index in [1.807, 2.05) is 0 Å². The van der Waals surface area contributed by atoms with E-state index in [2.05, 4.69) is 9.40 Å². The summed E-state index contributed by atoms with van der Waals surface area (Å²) in [6.45, 7) is 1.52. The van der Waals surface area contributed by atoms with Crippen LogP contribution in [0.2, 0.25) is 0 Å². The Labute approximate surface area is 56.5 Å². The van der Waals surface area contributed by atoms with Crippen LogP contribution in [0.3, 0.4) is 0 Å². The Morgan fingerprint density at radius 2 is 2.40 bits per heavy atom. The highest BCUT2D eigenvalue weighted by Gasteiger charge is 2.13. The zero-order valence-corrected chi connectivity index (χ0v) is 5.29. The van der Waals surface area contributed by atoms with E-state index in [-0.39, 0.29) is 11.8 Å². The topological polar surface area (TPSA) is 89.4 Å². The van der Waals surface area contributed by atoms with Crippen molar-refractivity contribution in [3.05, 3.63) is 11.5 Å². The first-order chi connectivity index (χ1) is 4.61. The van der Waals surface area contributed by atoms with Gasteiger partial charge in [0.15, 0.2) is 0 Å². The van der Waals surface area contributed by atoms with Crippen molar-refractivity contribution in [1.29, 1.82) is 0 Å². The molecule has 1 rings (SSSR count). The molecule has 0 saturated carbocycles. The van der Waals surface area contributed by atoms with E-state index in [0.717, 1.165) is 0 Å². The van der Waals surface area contributed by atoms with Crippen LogP contribution in [0.4, 0.5) is 6.01 Å². The van der Waals surface area contributed by atoms with Crippen LogP contribution in [-0.4, -0.2) is 16.1 Å². The number of carbonyl (C=O) groups is 1. The van der Waals surface area contributed by atoms with Crippen molar-refractivity contribution < 1.29 is 14.3 Å². The summed E-state index contributed by atoms with van der Waals surface area (Å²) in [4.78, 5) is 13.8. The molecular formula is C5H6N2O3. The van der Waals surface area contributed by atoms with Gasteiger partial charge in [-0.15, -0.1) is 0 Å². The fourth-order valence-corrected chi connectivity index (χ4v) is 0.616. The highest BCUT2D eigenvalue weighted by atomic mass is 16.4. The fourth-order valence-electron chi connectivity index (χ4n) is 0.616. The number of anilines is 1. The third kappa shape index (κ3) is 0.928. The number of aromatic nitrogens is 1. The van der Waals surface area contributed by atoms with Crippen molar-refractivity contribution in [2.45, 2.75) is 6.92 Å². The summed E-state index contributed by atoms with van der Waals surface area (Å²) in [5, 5.41) is 8.39. The number of aromatic carboxylic acids is 1. The molecule has 0 atom stereocenters. The summed E-state index contributed by atoms with van der Waals surface area (Å²) < 4.78 is 4.54. The quantitative estimate of drug-likeness (QED) is 0.587. The summed E-state index contributed by atoms with van der Waals surface area (Å²) in [5.41, 5.74) is 5.37. The van der Waals surface area contributed by atoms with Crippen LogP contribution < -0.4 is 5.73 Å². The van der Waals surface area contributed by atoms with Gasteiger partial charge in [-0.2, -0.15) is 4.98 Å². The predicted molar refractivity (Wildman–Crippen MR) is 32.6 cm³/mol. The van der Waals surface area contributed by atoms with Gasteiger partial charge in [-0.3, -0.25) is 0 Å². The van der Waals surface area contributed by atoms with Crippen molar-refractivity contribution in [3.8, 4) is 0 Å². The van der Waals surface area contributed by atoms with Crippen LogP contribution in [-0.2, 0) is 0 Å². The first-order valence-electron chi connectivity index (χ1n) is 2.57. The van der Waals surface area contributed by atoms with Crippen LogP contribution in [0.1, 0.15) is 16.2 Å². The number of rotatable bonds is 1. The summed E-state index contributed by atoms with van der Waals surface area (Å²) in [5.74, 6) is -1.35. The lowest BCUT2D eigenvalue weighted by molar-refractivity contribution is 0.0662. The number of carboxylic acids is 1. The van der Waals surface area contributed by atoms with Gasteiger partial charge < -0.3 is 15.3 Å². The van der Waals surface area contributed by atoms with Crippen LogP contribution in [0.25, 0.3) is 0 Å². The zero-order valence-electron chi connectivity index (χ0n) is 5.29. The third-order valence-corrected chi connectivity index (χ3v) is 1.01. The molecule has 5 nitrogen and oxygen atoms in total. The van der Waals surface area contributed by atoms with E-state index in [4.69, 9.17) is 10.8 Å². The molecule has 3 N–H and O–H groups in total. The van der Waals surface area contributed by atoms with Gasteiger partial charge in [0.05, 0.1) is 5.69 Å². The standard InChI is InChI=1S/C5H6N2O3/c1-2-3(4(8)9)10-5(6)7-2/h1H3,(H2,6,7)(H,8,9). The van der Waals surface area contributed by atoms with Gasteiger partial charge in [-0.1, -0.05) is 0 Å². The van der Waals surface area contributed by atoms with Crippen molar-refractivity contribution in [3.63, 3.8) is 0 Å². The van der Waals surface area contributed by atoms with Crippen molar-refractivity contribution in [2.75, 3.05) is 5.73 Å². The van der Waals surface area contributed by atoms with Crippen molar-refractivity contribution >= 4 is 12.0 Å². The molecule has 1 aromatic heterocycles. The van der Waals surface area contributed by atoms with Gasteiger partial charge in [0.1, 0.15) is 0 Å². The predicted octanol–water partition coefficient (Wildman–Crippen LogP) is 0.263. The van der Waals surface area contributed by atoms with Gasteiger partial charge in [-0.25, -0.2) is 4.79 Å². The zero-order chi connectivity index (χ0) is 7.72. The monoisotopic (exact) mass is 142 g/mol. The van der Waals surface area contributed by atoms with Gasteiger partial charge in [-0.05, 0) is 6.92 Å². The fraction of sp³-hybridized carbons (Fsp3) is 0.200. The van der Waals surface area contributed by atoms with Crippen molar-refractivity contribution in [1.82, 2.24) is 4.98 Å². The molecule has 54 valence electrons. The Kier molecular flexibility index (Phi) is 1.33. The summed E-state index contributed by atoms with van der Waals surface area (Å²) in [7, 11) is 0. The molecule has 1 aromatic rings. The molecule has 0 fully saturated rings. The number of oxazole rings is 1. The maximum atomic E-state index is 10.2. The number of carboxylic acid groups (broad SMARTS) is 1. The van der Waals surface area contributed by atoms with E-state index < -0.39 is 5.97 Å². The lowest BCUT2D eigenvalue weighted by Crippen LogP contribution is -1.95. The molecule has 5 heteroatoms. The second-order valence-corrected chi connectivity index (χ2v) is 1.77. The molecule has 0 amide bonds. The van der Waals surface area contributed by atoms with E-state index in [0.29, 0.717) is 5.69 Å². The number of nitrogen functional groups attached to an aromatic ring is 1. The first-order valence-corrected chi connectivity index (χ1v) is 2.57. The first kappa shape index (κ1) is 6.60. The summed E-state index contributed by atoms with van der Waals surface area (Å²) in [6, 6.07) is -0.116. The largest absolute Gasteiger partial charge is 0.475 e.